The Kier molecular flexibility index (Phi) is 2.64. The zero-order valence-electron chi connectivity index (χ0n) is 8.12. The van der Waals surface area contributed by atoms with Crippen molar-refractivity contribution in [2.24, 2.45) is 5.73 Å². The molecule has 0 radical (unpaired) electrons. The van der Waals surface area contributed by atoms with E-state index in [-0.39, 0.29) is 0 Å². The maximum atomic E-state index is 13.3. The molecule has 0 bridgehead atoms. The SMILES string of the molecule is NCCc1c(O)c(F)cc2c1OCCO2. The van der Waals surface area contributed by atoms with Crippen LogP contribution in [-0.4, -0.2) is 24.9 Å². The Morgan fingerprint density at radius 1 is 1.40 bits per heavy atom. The topological polar surface area (TPSA) is 64.7 Å². The molecule has 3 N–H and O–H groups in total. The van der Waals surface area contributed by atoms with Crippen LogP contribution >= 0.6 is 0 Å². The van der Waals surface area contributed by atoms with Crippen LogP contribution in [0.2, 0.25) is 0 Å². The van der Waals surface area contributed by atoms with E-state index in [1.54, 1.807) is 0 Å². The van der Waals surface area contributed by atoms with Crippen LogP contribution in [0.5, 0.6) is 17.2 Å². The van der Waals surface area contributed by atoms with Crippen LogP contribution in [0.4, 0.5) is 4.39 Å². The first-order chi connectivity index (χ1) is 7.24. The quantitative estimate of drug-likeness (QED) is 0.762. The molecule has 1 aromatic rings. The van der Waals surface area contributed by atoms with Gasteiger partial charge in [-0.2, -0.15) is 0 Å². The van der Waals surface area contributed by atoms with Crippen molar-refractivity contribution in [1.29, 1.82) is 0 Å². The monoisotopic (exact) mass is 213 g/mol. The third-order valence-electron chi connectivity index (χ3n) is 2.25. The minimum atomic E-state index is -0.706. The largest absolute Gasteiger partial charge is 0.505 e. The number of nitrogens with two attached hydrogens (primary N) is 1. The van der Waals surface area contributed by atoms with Crippen molar-refractivity contribution in [3.8, 4) is 17.2 Å². The number of benzene rings is 1. The summed E-state index contributed by atoms with van der Waals surface area (Å²) in [5.41, 5.74) is 5.76. The zero-order valence-corrected chi connectivity index (χ0v) is 8.12. The van der Waals surface area contributed by atoms with Crippen molar-refractivity contribution < 1.29 is 19.0 Å². The van der Waals surface area contributed by atoms with Gasteiger partial charge in [-0.3, -0.25) is 0 Å². The minimum Gasteiger partial charge on any atom is -0.505 e. The van der Waals surface area contributed by atoms with Gasteiger partial charge in [-0.05, 0) is 13.0 Å². The number of ether oxygens (including phenoxy) is 2. The lowest BCUT2D eigenvalue weighted by atomic mass is 10.1. The van der Waals surface area contributed by atoms with E-state index >= 15 is 0 Å². The second-order valence-electron chi connectivity index (χ2n) is 3.25. The van der Waals surface area contributed by atoms with Crippen LogP contribution in [0, 0.1) is 5.82 Å². The molecule has 1 heterocycles. The number of aromatic hydroxyl groups is 1. The first kappa shape index (κ1) is 10.0. The smallest absolute Gasteiger partial charge is 0.169 e. The number of fused-ring (bicyclic) bond motifs is 1. The van der Waals surface area contributed by atoms with Gasteiger partial charge in [0.1, 0.15) is 13.2 Å². The summed E-state index contributed by atoms with van der Waals surface area (Å²) < 4.78 is 23.8. The van der Waals surface area contributed by atoms with Gasteiger partial charge in [-0.1, -0.05) is 0 Å². The molecule has 0 saturated carbocycles. The van der Waals surface area contributed by atoms with E-state index < -0.39 is 11.6 Å². The highest BCUT2D eigenvalue weighted by molar-refractivity contribution is 5.54. The minimum absolute atomic E-state index is 0.312. The Balaban J connectivity index is 2.52. The average Bonchev–Trinajstić information content (AvgIpc) is 2.25. The number of rotatable bonds is 2. The molecule has 4 nitrogen and oxygen atoms in total. The zero-order chi connectivity index (χ0) is 10.8. The number of hydrogen-bond acceptors (Lipinski definition) is 4. The van der Waals surface area contributed by atoms with Gasteiger partial charge in [0.05, 0.1) is 0 Å². The van der Waals surface area contributed by atoms with Crippen LogP contribution in [0.1, 0.15) is 5.56 Å². The lowest BCUT2D eigenvalue weighted by Crippen LogP contribution is -2.18. The average molecular weight is 213 g/mol. The molecule has 1 aliphatic rings. The highest BCUT2D eigenvalue weighted by Gasteiger charge is 2.22. The summed E-state index contributed by atoms with van der Waals surface area (Å²) in [6, 6.07) is 1.13. The van der Waals surface area contributed by atoms with Gasteiger partial charge in [0.25, 0.3) is 0 Å². The van der Waals surface area contributed by atoms with E-state index in [4.69, 9.17) is 15.2 Å². The summed E-state index contributed by atoms with van der Waals surface area (Å²) in [7, 11) is 0. The van der Waals surface area contributed by atoms with Gasteiger partial charge < -0.3 is 20.3 Å². The van der Waals surface area contributed by atoms with Crippen molar-refractivity contribution in [2.75, 3.05) is 19.8 Å². The van der Waals surface area contributed by atoms with E-state index in [0.717, 1.165) is 6.07 Å². The fourth-order valence-electron chi connectivity index (χ4n) is 1.59. The van der Waals surface area contributed by atoms with Crippen molar-refractivity contribution in [2.45, 2.75) is 6.42 Å². The third kappa shape index (κ3) is 1.70. The molecule has 0 spiro atoms. The summed E-state index contributed by atoms with van der Waals surface area (Å²) in [6.45, 7) is 1.10. The summed E-state index contributed by atoms with van der Waals surface area (Å²) in [4.78, 5) is 0. The fourth-order valence-corrected chi connectivity index (χ4v) is 1.59. The lowest BCUT2D eigenvalue weighted by Gasteiger charge is -2.21. The van der Waals surface area contributed by atoms with Crippen LogP contribution in [0.25, 0.3) is 0 Å². The van der Waals surface area contributed by atoms with Gasteiger partial charge in [-0.25, -0.2) is 4.39 Å². The van der Waals surface area contributed by atoms with E-state index in [9.17, 15) is 9.50 Å². The maximum Gasteiger partial charge on any atom is 0.169 e. The molecule has 0 unspecified atom stereocenters. The van der Waals surface area contributed by atoms with Crippen molar-refractivity contribution in [3.05, 3.63) is 17.4 Å². The first-order valence-corrected chi connectivity index (χ1v) is 4.74. The second-order valence-corrected chi connectivity index (χ2v) is 3.25. The predicted molar refractivity (Wildman–Crippen MR) is 51.8 cm³/mol. The van der Waals surface area contributed by atoms with Crippen molar-refractivity contribution >= 4 is 0 Å². The van der Waals surface area contributed by atoms with Gasteiger partial charge in [0.15, 0.2) is 23.1 Å². The summed E-state index contributed by atoms with van der Waals surface area (Å²) in [5, 5.41) is 9.52. The molecule has 0 saturated heterocycles. The molecule has 0 aromatic heterocycles. The summed E-state index contributed by atoms with van der Waals surface area (Å²) in [5.74, 6) is -0.363. The lowest BCUT2D eigenvalue weighted by molar-refractivity contribution is 0.167. The molecule has 5 heteroatoms. The van der Waals surface area contributed by atoms with Gasteiger partial charge >= 0.3 is 0 Å². The molecule has 82 valence electrons. The molecule has 0 aliphatic carbocycles. The Hall–Kier alpha value is -1.49. The van der Waals surface area contributed by atoms with Crippen LogP contribution in [0.15, 0.2) is 6.07 Å². The Labute approximate surface area is 86.4 Å². The van der Waals surface area contributed by atoms with E-state index in [2.05, 4.69) is 0 Å². The van der Waals surface area contributed by atoms with E-state index in [1.165, 1.54) is 0 Å². The molecule has 15 heavy (non-hydrogen) atoms. The van der Waals surface area contributed by atoms with Crippen LogP contribution in [0.3, 0.4) is 0 Å². The normalized spacial score (nSPS) is 14.0. The van der Waals surface area contributed by atoms with Crippen LogP contribution < -0.4 is 15.2 Å². The van der Waals surface area contributed by atoms with Crippen LogP contribution in [-0.2, 0) is 6.42 Å². The number of hydrogen-bond donors (Lipinski definition) is 2. The summed E-state index contributed by atoms with van der Waals surface area (Å²) in [6.07, 6.45) is 0.356. The standard InChI is InChI=1S/C10H12FNO3/c11-7-5-8-10(15-4-3-14-8)6(1-2-12)9(7)13/h5,13H,1-4,12H2. The molecule has 0 atom stereocenters. The molecule has 1 aliphatic heterocycles. The number of halogens is 1. The van der Waals surface area contributed by atoms with E-state index in [1.807, 2.05) is 0 Å². The van der Waals surface area contributed by atoms with Gasteiger partial charge in [-0.15, -0.1) is 0 Å². The first-order valence-electron chi connectivity index (χ1n) is 4.74. The number of phenols is 1. The van der Waals surface area contributed by atoms with Crippen molar-refractivity contribution in [3.63, 3.8) is 0 Å². The Morgan fingerprint density at radius 2 is 2.13 bits per heavy atom. The van der Waals surface area contributed by atoms with E-state index in [0.29, 0.717) is 43.2 Å². The molecule has 0 fully saturated rings. The molecule has 1 aromatic carbocycles. The molecular formula is C10H12FNO3. The Morgan fingerprint density at radius 3 is 2.87 bits per heavy atom. The van der Waals surface area contributed by atoms with Gasteiger partial charge in [0, 0.05) is 11.6 Å². The van der Waals surface area contributed by atoms with Crippen molar-refractivity contribution in [1.82, 2.24) is 0 Å². The summed E-state index contributed by atoms with van der Waals surface area (Å²) >= 11 is 0. The fraction of sp³-hybridized carbons (Fsp3) is 0.400. The van der Waals surface area contributed by atoms with Gasteiger partial charge in [0.2, 0.25) is 0 Å². The highest BCUT2D eigenvalue weighted by atomic mass is 19.1. The third-order valence-corrected chi connectivity index (χ3v) is 2.25. The molecular weight excluding hydrogens is 201 g/mol. The molecule has 2 rings (SSSR count). The number of phenolic OH excluding ortho intramolecular Hbond substituents is 1. The highest BCUT2D eigenvalue weighted by Crippen LogP contribution is 2.40. The second kappa shape index (κ2) is 3.94. The molecule has 0 amide bonds. The predicted octanol–water partition coefficient (Wildman–Crippen LogP) is 0.804. The maximum absolute atomic E-state index is 13.3. The Bertz CT molecular complexity index is 381.